The van der Waals surface area contributed by atoms with Crippen molar-refractivity contribution in [3.05, 3.63) is 65.9 Å². The van der Waals surface area contributed by atoms with Gasteiger partial charge in [-0.3, -0.25) is 19.3 Å². The number of alkyl halides is 1. The summed E-state index contributed by atoms with van der Waals surface area (Å²) in [4.78, 5) is 42.3. The Morgan fingerprint density at radius 3 is 2.52 bits per heavy atom. The van der Waals surface area contributed by atoms with E-state index < -0.39 is 17.9 Å². The van der Waals surface area contributed by atoms with Crippen LogP contribution < -0.4 is 10.1 Å². The standard InChI is InChI=1S/C23H24BrN3O4/c1-15(28)27(14-16-7-3-6-10-21(16)31-2)23(30)20(26-22(29)12-24)11-17-13-25-19-9-5-4-8-18(17)19/h3-10,13,20,25H,11-12,14H2,1-2H3,(H,26,29). The summed E-state index contributed by atoms with van der Waals surface area (Å²) in [6.45, 7) is 1.38. The SMILES string of the molecule is COc1ccccc1CN(C(C)=O)C(=O)C(Cc1c[nH]c2ccccc12)NC(=O)CBr. The molecule has 1 unspecified atom stereocenters. The lowest BCUT2D eigenvalue weighted by molar-refractivity contribution is -0.146. The fraction of sp³-hybridized carbons (Fsp3) is 0.261. The number of rotatable bonds is 8. The number of aromatic amines is 1. The summed E-state index contributed by atoms with van der Waals surface area (Å²) in [6, 6.07) is 14.0. The number of para-hydroxylation sites is 2. The number of carbonyl (C=O) groups excluding carboxylic acids is 3. The number of aromatic nitrogens is 1. The van der Waals surface area contributed by atoms with E-state index in [-0.39, 0.29) is 24.2 Å². The highest BCUT2D eigenvalue weighted by atomic mass is 79.9. The van der Waals surface area contributed by atoms with Crippen LogP contribution in [-0.2, 0) is 27.3 Å². The molecule has 1 heterocycles. The third-order valence-electron chi connectivity index (χ3n) is 5.02. The maximum Gasteiger partial charge on any atom is 0.252 e. The number of halogens is 1. The molecule has 0 spiro atoms. The molecular weight excluding hydrogens is 462 g/mol. The van der Waals surface area contributed by atoms with Crippen LogP contribution in [-0.4, -0.2) is 46.1 Å². The highest BCUT2D eigenvalue weighted by Crippen LogP contribution is 2.22. The van der Waals surface area contributed by atoms with Gasteiger partial charge in [0.05, 0.1) is 19.0 Å². The van der Waals surface area contributed by atoms with Crippen LogP contribution in [0.25, 0.3) is 10.9 Å². The number of carbonyl (C=O) groups is 3. The Morgan fingerprint density at radius 1 is 1.10 bits per heavy atom. The van der Waals surface area contributed by atoms with Crippen LogP contribution in [0.4, 0.5) is 0 Å². The third-order valence-corrected chi connectivity index (χ3v) is 5.53. The Kier molecular flexibility index (Phi) is 7.46. The summed E-state index contributed by atoms with van der Waals surface area (Å²) in [5, 5.41) is 3.76. The maximum atomic E-state index is 13.4. The number of benzene rings is 2. The van der Waals surface area contributed by atoms with E-state index in [1.54, 1.807) is 12.1 Å². The normalized spacial score (nSPS) is 11.7. The minimum atomic E-state index is -0.900. The Morgan fingerprint density at radius 2 is 1.81 bits per heavy atom. The molecule has 3 amide bonds. The van der Waals surface area contributed by atoms with E-state index in [1.807, 2.05) is 42.6 Å². The molecular formula is C23H24BrN3O4. The molecule has 0 fully saturated rings. The van der Waals surface area contributed by atoms with Gasteiger partial charge in [-0.25, -0.2) is 0 Å². The van der Waals surface area contributed by atoms with Crippen LogP contribution in [0.15, 0.2) is 54.7 Å². The monoisotopic (exact) mass is 485 g/mol. The average molecular weight is 486 g/mol. The quantitative estimate of drug-likeness (QED) is 0.479. The van der Waals surface area contributed by atoms with Gasteiger partial charge in [0.1, 0.15) is 11.8 Å². The number of H-pyrrole nitrogens is 1. The van der Waals surface area contributed by atoms with Crippen LogP contribution in [0, 0.1) is 0 Å². The number of nitrogens with zero attached hydrogens (tertiary/aromatic N) is 1. The minimum absolute atomic E-state index is 0.0484. The number of imide groups is 1. The molecule has 1 atom stereocenters. The first-order valence-electron chi connectivity index (χ1n) is 9.78. The molecule has 0 aliphatic heterocycles. The molecule has 3 rings (SSSR count). The van der Waals surface area contributed by atoms with E-state index in [4.69, 9.17) is 4.74 Å². The zero-order valence-corrected chi connectivity index (χ0v) is 18.9. The molecule has 1 aromatic heterocycles. The zero-order chi connectivity index (χ0) is 22.4. The van der Waals surface area contributed by atoms with E-state index in [9.17, 15) is 14.4 Å². The molecule has 0 saturated carbocycles. The second-order valence-corrected chi connectivity index (χ2v) is 7.63. The van der Waals surface area contributed by atoms with Gasteiger partial charge in [0, 0.05) is 36.0 Å². The summed E-state index contributed by atoms with van der Waals surface area (Å²) in [6.07, 6.45) is 2.07. The fourth-order valence-electron chi connectivity index (χ4n) is 3.49. The molecule has 0 bridgehead atoms. The Labute approximate surface area is 188 Å². The van der Waals surface area contributed by atoms with Crippen molar-refractivity contribution in [3.63, 3.8) is 0 Å². The zero-order valence-electron chi connectivity index (χ0n) is 17.4. The maximum absolute atomic E-state index is 13.4. The van der Waals surface area contributed by atoms with Crippen molar-refractivity contribution in [2.45, 2.75) is 25.9 Å². The van der Waals surface area contributed by atoms with Gasteiger partial charge in [0.15, 0.2) is 0 Å². The summed E-state index contributed by atoms with van der Waals surface area (Å²) in [5.74, 6) is -0.635. The predicted molar refractivity (Wildman–Crippen MR) is 122 cm³/mol. The van der Waals surface area contributed by atoms with Gasteiger partial charge >= 0.3 is 0 Å². The molecule has 31 heavy (non-hydrogen) atoms. The highest BCUT2D eigenvalue weighted by molar-refractivity contribution is 9.09. The number of ether oxygens (including phenoxy) is 1. The van der Waals surface area contributed by atoms with E-state index >= 15 is 0 Å². The van der Waals surface area contributed by atoms with Gasteiger partial charge in [-0.15, -0.1) is 0 Å². The smallest absolute Gasteiger partial charge is 0.252 e. The lowest BCUT2D eigenvalue weighted by Crippen LogP contribution is -2.51. The number of hydrogen-bond donors (Lipinski definition) is 2. The molecule has 0 saturated heterocycles. The van der Waals surface area contributed by atoms with Crippen molar-refractivity contribution in [3.8, 4) is 5.75 Å². The van der Waals surface area contributed by atoms with Crippen LogP contribution in [0.3, 0.4) is 0 Å². The second-order valence-electron chi connectivity index (χ2n) is 7.07. The van der Waals surface area contributed by atoms with E-state index in [1.165, 1.54) is 14.0 Å². The van der Waals surface area contributed by atoms with Gasteiger partial charge in [-0.05, 0) is 17.7 Å². The molecule has 7 nitrogen and oxygen atoms in total. The summed E-state index contributed by atoms with van der Waals surface area (Å²) in [7, 11) is 1.54. The van der Waals surface area contributed by atoms with Gasteiger partial charge in [0.2, 0.25) is 11.8 Å². The number of nitrogens with one attached hydrogen (secondary N) is 2. The fourth-order valence-corrected chi connectivity index (χ4v) is 3.65. The van der Waals surface area contributed by atoms with E-state index in [0.717, 1.165) is 21.4 Å². The summed E-state index contributed by atoms with van der Waals surface area (Å²) < 4.78 is 5.35. The third kappa shape index (κ3) is 5.32. The molecule has 3 aromatic rings. The largest absolute Gasteiger partial charge is 0.496 e. The Balaban J connectivity index is 1.91. The van der Waals surface area contributed by atoms with Crippen molar-refractivity contribution >= 4 is 44.6 Å². The predicted octanol–water partition coefficient (Wildman–Crippen LogP) is 3.17. The van der Waals surface area contributed by atoms with Crippen LogP contribution in [0.2, 0.25) is 0 Å². The molecule has 162 valence electrons. The first-order chi connectivity index (χ1) is 14.9. The molecule has 0 aliphatic rings. The Hall–Kier alpha value is -3.13. The van der Waals surface area contributed by atoms with Crippen molar-refractivity contribution in [1.82, 2.24) is 15.2 Å². The van der Waals surface area contributed by atoms with Gasteiger partial charge in [-0.1, -0.05) is 52.3 Å². The van der Waals surface area contributed by atoms with Crippen LogP contribution in [0.5, 0.6) is 5.75 Å². The van der Waals surface area contributed by atoms with E-state index in [2.05, 4.69) is 26.2 Å². The minimum Gasteiger partial charge on any atom is -0.496 e. The van der Waals surface area contributed by atoms with Gasteiger partial charge in [-0.2, -0.15) is 0 Å². The van der Waals surface area contributed by atoms with Crippen molar-refractivity contribution < 1.29 is 19.1 Å². The number of hydrogen-bond acceptors (Lipinski definition) is 4. The van der Waals surface area contributed by atoms with E-state index in [0.29, 0.717) is 11.3 Å². The number of fused-ring (bicyclic) bond motifs is 1. The molecule has 8 heteroatoms. The molecule has 2 aromatic carbocycles. The van der Waals surface area contributed by atoms with Crippen molar-refractivity contribution in [2.75, 3.05) is 12.4 Å². The Bertz CT molecular complexity index is 1100. The van der Waals surface area contributed by atoms with Crippen LogP contribution >= 0.6 is 15.9 Å². The number of amides is 3. The molecule has 2 N–H and O–H groups in total. The van der Waals surface area contributed by atoms with Crippen molar-refractivity contribution in [1.29, 1.82) is 0 Å². The molecule has 0 aliphatic carbocycles. The second kappa shape index (κ2) is 10.3. The summed E-state index contributed by atoms with van der Waals surface area (Å²) in [5.41, 5.74) is 2.52. The molecule has 0 radical (unpaired) electrons. The lowest BCUT2D eigenvalue weighted by Gasteiger charge is -2.26. The summed E-state index contributed by atoms with van der Waals surface area (Å²) >= 11 is 3.12. The number of methoxy groups -OCH3 is 1. The van der Waals surface area contributed by atoms with Crippen LogP contribution in [0.1, 0.15) is 18.1 Å². The lowest BCUT2D eigenvalue weighted by atomic mass is 10.0. The van der Waals surface area contributed by atoms with Crippen molar-refractivity contribution in [2.24, 2.45) is 0 Å². The topological polar surface area (TPSA) is 91.5 Å². The first-order valence-corrected chi connectivity index (χ1v) is 10.9. The average Bonchev–Trinajstić information content (AvgIpc) is 3.19. The van der Waals surface area contributed by atoms with Gasteiger partial charge < -0.3 is 15.0 Å². The van der Waals surface area contributed by atoms with Gasteiger partial charge in [0.25, 0.3) is 5.91 Å². The first kappa shape index (κ1) is 22.6. The highest BCUT2D eigenvalue weighted by Gasteiger charge is 2.30.